The van der Waals surface area contributed by atoms with E-state index >= 15 is 0 Å². The highest BCUT2D eigenvalue weighted by Crippen LogP contribution is 2.39. The zero-order valence-electron chi connectivity index (χ0n) is 15.9. The zero-order valence-corrected chi connectivity index (χ0v) is 17.4. The Morgan fingerprint density at radius 2 is 1.81 bits per heavy atom. The highest BCUT2D eigenvalue weighted by molar-refractivity contribution is 6.35. The van der Waals surface area contributed by atoms with Crippen LogP contribution in [0, 0.1) is 10.8 Å². The quantitative estimate of drug-likeness (QED) is 0.685. The van der Waals surface area contributed by atoms with Crippen LogP contribution in [0.1, 0.15) is 45.6 Å². The Bertz CT molecular complexity index is 674. The van der Waals surface area contributed by atoms with Crippen molar-refractivity contribution in [2.75, 3.05) is 20.2 Å². The third-order valence-electron chi connectivity index (χ3n) is 4.92. The Hall–Kier alpha value is -1.26. The van der Waals surface area contributed by atoms with E-state index < -0.39 is 5.41 Å². The highest BCUT2D eigenvalue weighted by Gasteiger charge is 2.43. The lowest BCUT2D eigenvalue weighted by atomic mass is 9.73. The Kier molecular flexibility index (Phi) is 6.62. The second-order valence-electron chi connectivity index (χ2n) is 8.30. The van der Waals surface area contributed by atoms with Crippen molar-refractivity contribution in [3.05, 3.63) is 33.8 Å². The van der Waals surface area contributed by atoms with Gasteiger partial charge in [0.25, 0.3) is 0 Å². The van der Waals surface area contributed by atoms with Gasteiger partial charge in [-0.1, -0.05) is 50.0 Å². The van der Waals surface area contributed by atoms with Gasteiger partial charge in [0, 0.05) is 29.6 Å². The van der Waals surface area contributed by atoms with E-state index in [0.29, 0.717) is 48.8 Å². The maximum Gasteiger partial charge on any atom is 0.312 e. The van der Waals surface area contributed by atoms with E-state index in [0.717, 1.165) is 5.56 Å². The summed E-state index contributed by atoms with van der Waals surface area (Å²) in [5, 5.41) is 1.11. The molecule has 1 aliphatic heterocycles. The van der Waals surface area contributed by atoms with E-state index in [1.807, 2.05) is 11.0 Å². The maximum absolute atomic E-state index is 12.6. The number of esters is 1. The van der Waals surface area contributed by atoms with Gasteiger partial charge in [0.1, 0.15) is 0 Å². The molecule has 0 N–H and O–H groups in total. The van der Waals surface area contributed by atoms with Gasteiger partial charge in [0.15, 0.2) is 0 Å². The van der Waals surface area contributed by atoms with Crippen molar-refractivity contribution in [3.8, 4) is 0 Å². The molecule has 1 aromatic carbocycles. The van der Waals surface area contributed by atoms with Gasteiger partial charge < -0.3 is 9.64 Å². The standard InChI is InChI=1S/C20H27Cl2NO3/c1-19(2,3)13-17(24)23-9-7-20(8-10-23,18(25)26-4)12-14-5-6-15(21)11-16(14)22/h5-6,11H,7-10,12-13H2,1-4H3. The molecule has 2 rings (SSSR count). The van der Waals surface area contributed by atoms with Crippen LogP contribution in [0.2, 0.25) is 10.0 Å². The third-order valence-corrected chi connectivity index (χ3v) is 5.50. The van der Waals surface area contributed by atoms with Crippen LogP contribution in [0.25, 0.3) is 0 Å². The number of likely N-dealkylation sites (tertiary alicyclic amines) is 1. The second kappa shape index (κ2) is 8.18. The summed E-state index contributed by atoms with van der Waals surface area (Å²) in [5.74, 6) is -0.105. The number of halogens is 2. The molecule has 1 saturated heterocycles. The Labute approximate surface area is 165 Å². The number of nitrogens with zero attached hydrogens (tertiary/aromatic N) is 1. The van der Waals surface area contributed by atoms with Gasteiger partial charge in [-0.3, -0.25) is 9.59 Å². The summed E-state index contributed by atoms with van der Waals surface area (Å²) < 4.78 is 5.09. The van der Waals surface area contributed by atoms with E-state index in [-0.39, 0.29) is 17.3 Å². The lowest BCUT2D eigenvalue weighted by Crippen LogP contribution is -2.48. The largest absolute Gasteiger partial charge is 0.469 e. The summed E-state index contributed by atoms with van der Waals surface area (Å²) in [4.78, 5) is 26.9. The lowest BCUT2D eigenvalue weighted by Gasteiger charge is -2.40. The van der Waals surface area contributed by atoms with Gasteiger partial charge >= 0.3 is 5.97 Å². The average molecular weight is 400 g/mol. The van der Waals surface area contributed by atoms with E-state index in [2.05, 4.69) is 20.8 Å². The molecule has 0 saturated carbocycles. The van der Waals surface area contributed by atoms with Crippen molar-refractivity contribution in [3.63, 3.8) is 0 Å². The van der Waals surface area contributed by atoms with Crippen LogP contribution in [0.3, 0.4) is 0 Å². The highest BCUT2D eigenvalue weighted by atomic mass is 35.5. The van der Waals surface area contributed by atoms with E-state index in [9.17, 15) is 9.59 Å². The van der Waals surface area contributed by atoms with Crippen LogP contribution in [-0.4, -0.2) is 37.0 Å². The summed E-state index contributed by atoms with van der Waals surface area (Å²) >= 11 is 12.3. The number of hydrogen-bond acceptors (Lipinski definition) is 3. The van der Waals surface area contributed by atoms with Gasteiger partial charge in [-0.25, -0.2) is 0 Å². The van der Waals surface area contributed by atoms with E-state index in [4.69, 9.17) is 27.9 Å². The molecule has 26 heavy (non-hydrogen) atoms. The minimum atomic E-state index is -0.662. The monoisotopic (exact) mass is 399 g/mol. The minimum Gasteiger partial charge on any atom is -0.469 e. The number of rotatable bonds is 4. The Morgan fingerprint density at radius 1 is 1.19 bits per heavy atom. The summed E-state index contributed by atoms with van der Waals surface area (Å²) in [6, 6.07) is 5.31. The second-order valence-corrected chi connectivity index (χ2v) is 9.15. The van der Waals surface area contributed by atoms with Crippen molar-refractivity contribution in [1.29, 1.82) is 0 Å². The van der Waals surface area contributed by atoms with Crippen molar-refractivity contribution in [2.24, 2.45) is 10.8 Å². The van der Waals surface area contributed by atoms with Gasteiger partial charge in [0.2, 0.25) is 5.91 Å². The van der Waals surface area contributed by atoms with Crippen LogP contribution >= 0.6 is 23.2 Å². The molecule has 1 aliphatic rings. The van der Waals surface area contributed by atoms with Crippen molar-refractivity contribution < 1.29 is 14.3 Å². The van der Waals surface area contributed by atoms with Gasteiger partial charge in [-0.05, 0) is 42.4 Å². The SMILES string of the molecule is COC(=O)C1(Cc2ccc(Cl)cc2Cl)CCN(C(=O)CC(C)(C)C)CC1. The average Bonchev–Trinajstić information content (AvgIpc) is 2.55. The van der Waals surface area contributed by atoms with Crippen LogP contribution in [0.4, 0.5) is 0 Å². The molecule has 1 amide bonds. The molecule has 4 nitrogen and oxygen atoms in total. The normalized spacial score (nSPS) is 17.1. The number of benzene rings is 1. The summed E-state index contributed by atoms with van der Waals surface area (Å²) in [6.45, 7) is 7.26. The number of carbonyl (C=O) groups excluding carboxylic acids is 2. The van der Waals surface area contributed by atoms with Crippen LogP contribution in [-0.2, 0) is 20.7 Å². The zero-order chi connectivity index (χ0) is 19.5. The Balaban J connectivity index is 2.15. The van der Waals surface area contributed by atoms with Crippen molar-refractivity contribution in [2.45, 2.75) is 46.5 Å². The van der Waals surface area contributed by atoms with Crippen LogP contribution in [0.15, 0.2) is 18.2 Å². The molecule has 1 aromatic rings. The molecule has 0 aliphatic carbocycles. The number of amides is 1. The fourth-order valence-electron chi connectivity index (χ4n) is 3.45. The first kappa shape index (κ1) is 21.0. The molecule has 0 spiro atoms. The number of carbonyl (C=O) groups is 2. The molecule has 0 unspecified atom stereocenters. The Morgan fingerprint density at radius 3 is 2.31 bits per heavy atom. The van der Waals surface area contributed by atoms with Crippen molar-refractivity contribution in [1.82, 2.24) is 4.90 Å². The summed E-state index contributed by atoms with van der Waals surface area (Å²) in [5.41, 5.74) is 0.158. The van der Waals surface area contributed by atoms with Gasteiger partial charge in [-0.2, -0.15) is 0 Å². The minimum absolute atomic E-state index is 0.0508. The molecule has 1 heterocycles. The third kappa shape index (κ3) is 5.14. The fraction of sp³-hybridized carbons (Fsp3) is 0.600. The van der Waals surface area contributed by atoms with Gasteiger partial charge in [0.05, 0.1) is 12.5 Å². The van der Waals surface area contributed by atoms with Crippen LogP contribution in [0.5, 0.6) is 0 Å². The number of hydrogen-bond donors (Lipinski definition) is 0. The first-order valence-corrected chi connectivity index (χ1v) is 9.62. The van der Waals surface area contributed by atoms with E-state index in [1.54, 1.807) is 12.1 Å². The van der Waals surface area contributed by atoms with E-state index in [1.165, 1.54) is 7.11 Å². The van der Waals surface area contributed by atoms with Crippen LogP contribution < -0.4 is 0 Å². The predicted octanol–water partition coefficient (Wildman–Crippen LogP) is 4.75. The molecule has 6 heteroatoms. The lowest BCUT2D eigenvalue weighted by molar-refractivity contribution is -0.158. The smallest absolute Gasteiger partial charge is 0.312 e. The molecular weight excluding hydrogens is 373 g/mol. The predicted molar refractivity (Wildman–Crippen MR) is 105 cm³/mol. The maximum atomic E-state index is 12.6. The number of methoxy groups -OCH3 is 1. The summed E-state index contributed by atoms with van der Waals surface area (Å²) in [7, 11) is 1.41. The molecule has 0 aromatic heterocycles. The first-order valence-electron chi connectivity index (χ1n) is 8.86. The van der Waals surface area contributed by atoms with Gasteiger partial charge in [-0.15, -0.1) is 0 Å². The molecule has 144 valence electrons. The topological polar surface area (TPSA) is 46.6 Å². The molecular formula is C20H27Cl2NO3. The first-order chi connectivity index (χ1) is 12.1. The molecule has 0 bridgehead atoms. The molecule has 1 fully saturated rings. The van der Waals surface area contributed by atoms with Crippen molar-refractivity contribution >= 4 is 35.1 Å². The summed E-state index contributed by atoms with van der Waals surface area (Å²) in [6.07, 6.45) is 2.11. The molecule has 0 atom stereocenters. The molecule has 0 radical (unpaired) electrons. The number of ether oxygens (including phenoxy) is 1. The fourth-order valence-corrected chi connectivity index (χ4v) is 3.92. The number of piperidine rings is 1.